The van der Waals surface area contributed by atoms with Crippen molar-refractivity contribution < 1.29 is 38.4 Å². The number of carbonyl (C=O) groups excluding carboxylic acids is 1. The summed E-state index contributed by atoms with van der Waals surface area (Å²) in [5.74, 6) is -0.307. The molecule has 206 valence electrons. The van der Waals surface area contributed by atoms with Crippen LogP contribution in [0.15, 0.2) is 36.8 Å². The van der Waals surface area contributed by atoms with Crippen molar-refractivity contribution in [2.75, 3.05) is 18.9 Å². The van der Waals surface area contributed by atoms with Crippen molar-refractivity contribution in [1.82, 2.24) is 24.7 Å². The monoisotopic (exact) mass is 571 g/mol. The van der Waals surface area contributed by atoms with Gasteiger partial charge in [0.25, 0.3) is 0 Å². The number of fused-ring (bicyclic) bond motifs is 1. The number of nitrogens with zero attached hydrogens (tertiary/aromatic N) is 4. The fraction of sp³-hybridized carbons (Fsp3) is 0.455. The first-order valence-corrected chi connectivity index (χ1v) is 13.6. The fourth-order valence-corrected chi connectivity index (χ4v) is 5.57. The molecule has 1 fully saturated rings. The molecule has 0 spiro atoms. The number of benzene rings is 1. The molecular formula is C22H29ClN6O8P+. The smallest absolute Gasteiger partial charge is 0.465 e. The normalized spacial score (nSPS) is 25.7. The molecule has 3 aromatic rings. The van der Waals surface area contributed by atoms with Crippen LogP contribution in [0.1, 0.15) is 32.6 Å². The Hall–Kier alpha value is -2.68. The first kappa shape index (κ1) is 28.3. The third kappa shape index (κ3) is 5.82. The van der Waals surface area contributed by atoms with Crippen LogP contribution in [0.3, 0.4) is 0 Å². The third-order valence-corrected chi connectivity index (χ3v) is 7.80. The summed E-state index contributed by atoms with van der Waals surface area (Å²) in [6.45, 7) is 4.22. The van der Waals surface area contributed by atoms with E-state index in [9.17, 15) is 19.9 Å². The molecule has 1 aromatic carbocycles. The third-order valence-electron chi connectivity index (χ3n) is 5.87. The predicted octanol–water partition coefficient (Wildman–Crippen LogP) is 1.22. The zero-order valence-electron chi connectivity index (χ0n) is 20.8. The first-order valence-electron chi connectivity index (χ1n) is 11.6. The number of ether oxygens (including phenoxy) is 2. The van der Waals surface area contributed by atoms with Crippen LogP contribution < -0.4 is 15.3 Å². The molecule has 3 heterocycles. The van der Waals surface area contributed by atoms with Crippen molar-refractivity contribution in [3.63, 3.8) is 0 Å². The molecule has 0 aliphatic carbocycles. The van der Waals surface area contributed by atoms with E-state index in [1.54, 1.807) is 19.1 Å². The first-order chi connectivity index (χ1) is 17.9. The summed E-state index contributed by atoms with van der Waals surface area (Å²) in [5, 5.41) is 29.2. The number of carbonyl (C=O) groups is 1. The van der Waals surface area contributed by atoms with Crippen molar-refractivity contribution in [1.29, 1.82) is 0 Å². The van der Waals surface area contributed by atoms with E-state index in [-0.39, 0.29) is 23.8 Å². The summed E-state index contributed by atoms with van der Waals surface area (Å²) < 4.78 is 23.7. The Balaban J connectivity index is 1.54. The summed E-state index contributed by atoms with van der Waals surface area (Å²) >= 11 is 5.93. The van der Waals surface area contributed by atoms with E-state index >= 15 is 0 Å². The summed E-state index contributed by atoms with van der Waals surface area (Å²) in [6.07, 6.45) is -1.04. The van der Waals surface area contributed by atoms with E-state index in [2.05, 4.69) is 20.2 Å². The van der Waals surface area contributed by atoms with Crippen LogP contribution in [-0.4, -0.2) is 77.7 Å². The number of hydrogen-bond donors (Lipinski definition) is 5. The number of nitrogen functional groups attached to an aromatic ring is 1. The van der Waals surface area contributed by atoms with Crippen LogP contribution in [0.2, 0.25) is 5.02 Å². The van der Waals surface area contributed by atoms with Crippen molar-refractivity contribution in [3.05, 3.63) is 47.5 Å². The van der Waals surface area contributed by atoms with E-state index in [4.69, 9.17) is 35.9 Å². The Morgan fingerprint density at radius 3 is 2.76 bits per heavy atom. The predicted molar refractivity (Wildman–Crippen MR) is 136 cm³/mol. The van der Waals surface area contributed by atoms with Gasteiger partial charge in [0.05, 0.1) is 18.5 Å². The number of anilines is 1. The Bertz CT molecular complexity index is 1280. The summed E-state index contributed by atoms with van der Waals surface area (Å²) in [5.41, 5.74) is 4.61. The number of hydrogen-bond acceptors (Lipinski definition) is 13. The Kier molecular flexibility index (Phi) is 8.35. The van der Waals surface area contributed by atoms with Gasteiger partial charge in [0.2, 0.25) is 0 Å². The van der Waals surface area contributed by atoms with E-state index in [0.29, 0.717) is 10.7 Å². The van der Waals surface area contributed by atoms with Gasteiger partial charge in [0.1, 0.15) is 42.9 Å². The van der Waals surface area contributed by atoms with Crippen molar-refractivity contribution in [2.45, 2.75) is 50.7 Å². The van der Waals surface area contributed by atoms with Crippen LogP contribution in [0, 0.1) is 0 Å². The van der Waals surface area contributed by atoms with Crippen molar-refractivity contribution in [3.8, 4) is 5.75 Å². The molecule has 1 unspecified atom stereocenters. The maximum Gasteiger partial charge on any atom is 0.544 e. The standard InChI is InChI=1S/C22H29ClN6O8P/c1-4-34-21(31)12(2)28-38(33,37-14-7-5-13(23)6-8-14)35-10-16-17(30)22(3,32)18(36-16)15-9-25-20-19(24)26-11-27-29(15)20/h5-9,11-12,16-18,28,30,32-33H,4,10H2,1-3H3,(H2,24,26,27)/q+1/t12-,16+,17+,18-,22+,38?/m0/s1. The largest absolute Gasteiger partial charge is 0.544 e. The van der Waals surface area contributed by atoms with E-state index < -0.39 is 50.6 Å². The number of aromatic nitrogens is 4. The molecule has 14 nitrogen and oxygen atoms in total. The van der Waals surface area contributed by atoms with E-state index in [0.717, 1.165) is 0 Å². The number of nitrogens with one attached hydrogen (secondary N) is 1. The number of imidazole rings is 1. The number of rotatable bonds is 10. The molecule has 0 bridgehead atoms. The number of esters is 1. The van der Waals surface area contributed by atoms with Crippen LogP contribution in [0.25, 0.3) is 5.65 Å². The molecule has 2 aromatic heterocycles. The molecule has 4 rings (SSSR count). The molecule has 38 heavy (non-hydrogen) atoms. The number of aliphatic hydroxyl groups is 2. The van der Waals surface area contributed by atoms with E-state index in [1.807, 2.05) is 0 Å². The average molecular weight is 572 g/mol. The van der Waals surface area contributed by atoms with Crippen LogP contribution in [0.5, 0.6) is 5.75 Å². The minimum absolute atomic E-state index is 0.125. The number of aliphatic hydroxyl groups excluding tert-OH is 1. The number of nitrogens with two attached hydrogens (primary N) is 1. The van der Waals surface area contributed by atoms with Gasteiger partial charge in [-0.25, -0.2) is 14.5 Å². The van der Waals surface area contributed by atoms with Gasteiger partial charge in [0.15, 0.2) is 17.2 Å². The van der Waals surface area contributed by atoms with Gasteiger partial charge in [-0.15, -0.1) is 0 Å². The highest BCUT2D eigenvalue weighted by Gasteiger charge is 2.56. The molecule has 16 heteroatoms. The molecule has 0 saturated carbocycles. The van der Waals surface area contributed by atoms with E-state index in [1.165, 1.54) is 43.0 Å². The molecule has 6 atom stereocenters. The van der Waals surface area contributed by atoms with Crippen molar-refractivity contribution in [2.24, 2.45) is 0 Å². The second kappa shape index (κ2) is 11.2. The maximum atomic E-state index is 12.2. The second-order valence-corrected chi connectivity index (χ2v) is 10.9. The van der Waals surface area contributed by atoms with Crippen molar-refractivity contribution >= 4 is 37.1 Å². The second-order valence-electron chi connectivity index (χ2n) is 8.75. The average Bonchev–Trinajstić information content (AvgIpc) is 3.39. The molecule has 1 aliphatic heterocycles. The fourth-order valence-electron chi connectivity index (χ4n) is 3.92. The summed E-state index contributed by atoms with van der Waals surface area (Å²) in [6, 6.07) is 5.11. The lowest BCUT2D eigenvalue weighted by Gasteiger charge is -2.26. The lowest BCUT2D eigenvalue weighted by Crippen LogP contribution is -2.44. The maximum absolute atomic E-state index is 12.2. The highest BCUT2D eigenvalue weighted by Crippen LogP contribution is 2.54. The van der Waals surface area contributed by atoms with Gasteiger partial charge in [-0.3, -0.25) is 9.32 Å². The molecule has 0 radical (unpaired) electrons. The minimum Gasteiger partial charge on any atom is -0.465 e. The highest BCUT2D eigenvalue weighted by molar-refractivity contribution is 7.58. The lowest BCUT2D eigenvalue weighted by molar-refractivity contribution is -0.144. The minimum atomic E-state index is -4.01. The molecule has 6 N–H and O–H groups in total. The molecule has 1 saturated heterocycles. The van der Waals surface area contributed by atoms with Gasteiger partial charge in [0, 0.05) is 5.02 Å². The molecule has 0 amide bonds. The Labute approximate surface area is 223 Å². The Morgan fingerprint density at radius 2 is 2.08 bits per heavy atom. The van der Waals surface area contributed by atoms with Gasteiger partial charge >= 0.3 is 14.1 Å². The quantitative estimate of drug-likeness (QED) is 0.172. The zero-order valence-corrected chi connectivity index (χ0v) is 22.4. The summed E-state index contributed by atoms with van der Waals surface area (Å²) in [4.78, 5) is 31.5. The van der Waals surface area contributed by atoms with Gasteiger partial charge in [-0.1, -0.05) is 16.7 Å². The molecular weight excluding hydrogens is 543 g/mol. The summed E-state index contributed by atoms with van der Waals surface area (Å²) in [7, 11) is -4.01. The molecule has 1 aliphatic rings. The van der Waals surface area contributed by atoms with Crippen LogP contribution in [-0.2, 0) is 18.8 Å². The SMILES string of the molecule is CCOC(=O)[C@H](C)N[P+](O)(OC[C@H]1O[C@@H](c2cnc3c(N)ncnn23)[C@](C)(O)[C@@H]1O)Oc1ccc(Cl)cc1. The zero-order chi connectivity index (χ0) is 27.7. The van der Waals surface area contributed by atoms with Gasteiger partial charge in [-0.2, -0.15) is 14.5 Å². The van der Waals surface area contributed by atoms with Gasteiger partial charge < -0.3 is 25.4 Å². The van der Waals surface area contributed by atoms with Crippen LogP contribution in [0.4, 0.5) is 5.82 Å². The number of halogens is 1. The lowest BCUT2D eigenvalue weighted by atomic mass is 9.91. The topological polar surface area (TPSA) is 196 Å². The van der Waals surface area contributed by atoms with Crippen LogP contribution >= 0.6 is 19.7 Å². The Morgan fingerprint density at radius 1 is 1.37 bits per heavy atom. The highest BCUT2D eigenvalue weighted by atomic mass is 35.5. The van der Waals surface area contributed by atoms with Gasteiger partial charge in [-0.05, 0) is 45.0 Å².